The Balaban J connectivity index is 2.34. The average Bonchev–Trinajstić information content (AvgIpc) is 2.94. The van der Waals surface area contributed by atoms with Crippen LogP contribution in [0.5, 0.6) is 0 Å². The van der Waals surface area contributed by atoms with E-state index in [1.54, 1.807) is 30.3 Å². The Morgan fingerprint density at radius 1 is 1.25 bits per heavy atom. The van der Waals surface area contributed by atoms with Crippen molar-refractivity contribution in [1.82, 2.24) is 10.2 Å². The monoisotopic (exact) mass is 288 g/mol. The summed E-state index contributed by atoms with van der Waals surface area (Å²) in [5, 5.41) is 6.41. The SMILES string of the molecule is CCCCC#Cc1cn[nH]c1S(=O)(=O)c1ccccc1. The first-order valence-electron chi connectivity index (χ1n) is 6.48. The van der Waals surface area contributed by atoms with Crippen molar-refractivity contribution in [1.29, 1.82) is 0 Å². The molecule has 0 bridgehead atoms. The Morgan fingerprint density at radius 3 is 2.70 bits per heavy atom. The zero-order valence-corrected chi connectivity index (χ0v) is 12.1. The Hall–Kier alpha value is -2.06. The molecule has 1 aromatic heterocycles. The number of nitrogens with one attached hydrogen (secondary N) is 1. The van der Waals surface area contributed by atoms with Gasteiger partial charge in [-0.1, -0.05) is 43.4 Å². The van der Waals surface area contributed by atoms with Gasteiger partial charge in [0.2, 0.25) is 9.84 Å². The normalized spacial score (nSPS) is 10.8. The van der Waals surface area contributed by atoms with Crippen LogP contribution in [0.2, 0.25) is 0 Å². The molecule has 0 amide bonds. The molecule has 0 aliphatic carbocycles. The molecule has 0 fully saturated rings. The van der Waals surface area contributed by atoms with Gasteiger partial charge in [-0.25, -0.2) is 8.42 Å². The number of nitrogens with zero attached hydrogens (tertiary/aromatic N) is 1. The fourth-order valence-corrected chi connectivity index (χ4v) is 3.03. The molecule has 4 nitrogen and oxygen atoms in total. The van der Waals surface area contributed by atoms with E-state index in [4.69, 9.17) is 0 Å². The van der Waals surface area contributed by atoms with Crippen LogP contribution in [0.25, 0.3) is 0 Å². The summed E-state index contributed by atoms with van der Waals surface area (Å²) in [4.78, 5) is 0.237. The lowest BCUT2D eigenvalue weighted by atomic mass is 10.2. The minimum atomic E-state index is -3.59. The summed E-state index contributed by atoms with van der Waals surface area (Å²) in [6.45, 7) is 2.09. The second-order valence-corrected chi connectivity index (χ2v) is 6.22. The Morgan fingerprint density at radius 2 is 2.00 bits per heavy atom. The van der Waals surface area contributed by atoms with Crippen molar-refractivity contribution in [3.05, 3.63) is 42.1 Å². The van der Waals surface area contributed by atoms with Crippen molar-refractivity contribution < 1.29 is 8.42 Å². The number of H-pyrrole nitrogens is 1. The van der Waals surface area contributed by atoms with Gasteiger partial charge in [0.15, 0.2) is 5.03 Å². The molecule has 1 heterocycles. The predicted molar refractivity (Wildman–Crippen MR) is 76.9 cm³/mol. The van der Waals surface area contributed by atoms with Crippen LogP contribution in [0.1, 0.15) is 31.7 Å². The second-order valence-electron chi connectivity index (χ2n) is 4.33. The maximum absolute atomic E-state index is 12.5. The number of benzene rings is 1. The third-order valence-corrected chi connectivity index (χ3v) is 4.55. The van der Waals surface area contributed by atoms with E-state index in [2.05, 4.69) is 29.0 Å². The molecule has 5 heteroatoms. The highest BCUT2D eigenvalue weighted by molar-refractivity contribution is 7.91. The zero-order valence-electron chi connectivity index (χ0n) is 11.3. The number of sulfone groups is 1. The van der Waals surface area contributed by atoms with Gasteiger partial charge in [-0.15, -0.1) is 0 Å². The van der Waals surface area contributed by atoms with Gasteiger partial charge in [0, 0.05) is 6.42 Å². The lowest BCUT2D eigenvalue weighted by Crippen LogP contribution is -2.04. The van der Waals surface area contributed by atoms with Crippen molar-refractivity contribution in [2.24, 2.45) is 0 Å². The summed E-state index contributed by atoms with van der Waals surface area (Å²) in [6, 6.07) is 8.28. The van der Waals surface area contributed by atoms with Crippen molar-refractivity contribution in [2.75, 3.05) is 0 Å². The van der Waals surface area contributed by atoms with Gasteiger partial charge in [0.05, 0.1) is 16.7 Å². The summed E-state index contributed by atoms with van der Waals surface area (Å²) in [5.41, 5.74) is 0.421. The van der Waals surface area contributed by atoms with E-state index in [0.29, 0.717) is 5.56 Å². The average molecular weight is 288 g/mol. The van der Waals surface area contributed by atoms with E-state index in [-0.39, 0.29) is 9.92 Å². The van der Waals surface area contributed by atoms with E-state index < -0.39 is 9.84 Å². The van der Waals surface area contributed by atoms with Gasteiger partial charge in [-0.05, 0) is 18.6 Å². The van der Waals surface area contributed by atoms with Crippen molar-refractivity contribution in [3.8, 4) is 11.8 Å². The van der Waals surface area contributed by atoms with Crippen LogP contribution < -0.4 is 0 Å². The van der Waals surface area contributed by atoms with Crippen LogP contribution in [0.3, 0.4) is 0 Å². The molecular weight excluding hydrogens is 272 g/mol. The molecule has 0 spiro atoms. The van der Waals surface area contributed by atoms with Crippen LogP contribution in [0, 0.1) is 11.8 Å². The second kappa shape index (κ2) is 6.40. The lowest BCUT2D eigenvalue weighted by Gasteiger charge is -2.01. The number of hydrogen-bond donors (Lipinski definition) is 1. The fraction of sp³-hybridized carbons (Fsp3) is 0.267. The van der Waals surface area contributed by atoms with Gasteiger partial charge >= 0.3 is 0 Å². The number of aromatic amines is 1. The highest BCUT2D eigenvalue weighted by Gasteiger charge is 2.22. The van der Waals surface area contributed by atoms with E-state index >= 15 is 0 Å². The Bertz CT molecular complexity index is 722. The van der Waals surface area contributed by atoms with E-state index in [1.165, 1.54) is 6.20 Å². The molecule has 0 aliphatic heterocycles. The Labute approximate surface area is 119 Å². The maximum Gasteiger partial charge on any atom is 0.224 e. The third-order valence-electron chi connectivity index (χ3n) is 2.80. The molecule has 104 valence electrons. The minimum Gasteiger partial charge on any atom is -0.266 e. The number of rotatable bonds is 4. The highest BCUT2D eigenvalue weighted by Crippen LogP contribution is 2.21. The summed E-state index contributed by atoms with van der Waals surface area (Å²) in [7, 11) is -3.59. The third kappa shape index (κ3) is 3.09. The predicted octanol–water partition coefficient (Wildman–Crippen LogP) is 2.78. The first-order valence-corrected chi connectivity index (χ1v) is 7.97. The Kier molecular flexibility index (Phi) is 4.59. The van der Waals surface area contributed by atoms with Crippen LogP contribution in [0.15, 0.2) is 46.5 Å². The highest BCUT2D eigenvalue weighted by atomic mass is 32.2. The maximum atomic E-state index is 12.5. The summed E-state index contributed by atoms with van der Waals surface area (Å²) in [6.07, 6.45) is 4.28. The topological polar surface area (TPSA) is 62.8 Å². The van der Waals surface area contributed by atoms with Crippen molar-refractivity contribution >= 4 is 9.84 Å². The van der Waals surface area contributed by atoms with Crippen LogP contribution in [-0.4, -0.2) is 18.6 Å². The fourth-order valence-electron chi connectivity index (χ4n) is 1.71. The number of hydrogen-bond acceptors (Lipinski definition) is 3. The van der Waals surface area contributed by atoms with E-state index in [1.807, 2.05) is 0 Å². The molecule has 0 saturated heterocycles. The van der Waals surface area contributed by atoms with Gasteiger partial charge < -0.3 is 0 Å². The molecule has 0 saturated carbocycles. The van der Waals surface area contributed by atoms with Crippen LogP contribution in [-0.2, 0) is 9.84 Å². The minimum absolute atomic E-state index is 0.0627. The molecule has 0 aliphatic rings. The summed E-state index contributed by atoms with van der Waals surface area (Å²) >= 11 is 0. The lowest BCUT2D eigenvalue weighted by molar-refractivity contribution is 0.591. The van der Waals surface area contributed by atoms with Crippen LogP contribution >= 0.6 is 0 Å². The molecule has 0 unspecified atom stereocenters. The van der Waals surface area contributed by atoms with Crippen molar-refractivity contribution in [3.63, 3.8) is 0 Å². The van der Waals surface area contributed by atoms with Crippen LogP contribution in [0.4, 0.5) is 0 Å². The van der Waals surface area contributed by atoms with E-state index in [9.17, 15) is 8.42 Å². The molecule has 2 aromatic rings. The van der Waals surface area contributed by atoms with Gasteiger partial charge in [-0.2, -0.15) is 5.10 Å². The largest absolute Gasteiger partial charge is 0.266 e. The summed E-state index contributed by atoms with van der Waals surface area (Å²) < 4.78 is 24.9. The molecule has 0 radical (unpaired) electrons. The van der Waals surface area contributed by atoms with E-state index in [0.717, 1.165) is 19.3 Å². The number of unbranched alkanes of at least 4 members (excludes halogenated alkanes) is 2. The molecule has 1 aromatic carbocycles. The first kappa shape index (κ1) is 14.4. The molecule has 1 N–H and O–H groups in total. The smallest absolute Gasteiger partial charge is 0.224 e. The quantitative estimate of drug-likeness (QED) is 0.695. The molecule has 20 heavy (non-hydrogen) atoms. The van der Waals surface area contributed by atoms with Gasteiger partial charge in [0.1, 0.15) is 0 Å². The van der Waals surface area contributed by atoms with Crippen molar-refractivity contribution in [2.45, 2.75) is 36.1 Å². The zero-order chi connectivity index (χ0) is 14.4. The number of aromatic nitrogens is 2. The van der Waals surface area contributed by atoms with Gasteiger partial charge in [-0.3, -0.25) is 5.10 Å². The summed E-state index contributed by atoms with van der Waals surface area (Å²) in [5.74, 6) is 5.86. The first-order chi connectivity index (χ1) is 9.66. The molecule has 0 atom stereocenters. The molecular formula is C15H16N2O2S. The molecule has 2 rings (SSSR count). The van der Waals surface area contributed by atoms with Gasteiger partial charge in [0.25, 0.3) is 0 Å². The standard InChI is InChI=1S/C15H16N2O2S/c1-2-3-4-6-9-13-12-16-17-15(13)20(18,19)14-10-7-5-8-11-14/h5,7-8,10-12H,2-4H2,1H3,(H,16,17).